The van der Waals surface area contributed by atoms with Crippen molar-refractivity contribution in [1.82, 2.24) is 0 Å². The lowest BCUT2D eigenvalue weighted by atomic mass is 10.0. The van der Waals surface area contributed by atoms with E-state index in [1.54, 1.807) is 0 Å². The Morgan fingerprint density at radius 1 is 1.00 bits per heavy atom. The highest BCUT2D eigenvalue weighted by atomic mass is 16.4. The van der Waals surface area contributed by atoms with Crippen molar-refractivity contribution in [3.63, 3.8) is 0 Å². The lowest BCUT2D eigenvalue weighted by molar-refractivity contribution is 0.250. The summed E-state index contributed by atoms with van der Waals surface area (Å²) in [5, 5.41) is 11.1. The zero-order valence-corrected chi connectivity index (χ0v) is 11.0. The summed E-state index contributed by atoms with van der Waals surface area (Å²) in [6, 6.07) is 3.43. The molecule has 1 N–H and O–H groups in total. The monoisotopic (exact) mass is 258 g/mol. The summed E-state index contributed by atoms with van der Waals surface area (Å²) < 4.78 is 10.9. The first kappa shape index (κ1) is 12.0. The predicted octanol–water partition coefficient (Wildman–Crippen LogP) is 2.96. The molecule has 0 aliphatic rings. The van der Waals surface area contributed by atoms with Crippen LogP contribution < -0.4 is 5.63 Å². The van der Waals surface area contributed by atoms with Crippen LogP contribution in [0.2, 0.25) is 0 Å². The standard InChI is InChI=1S/C15H14O4/c1-7-4-13(17)19-14-9(3)15-11(5-10(7)14)8(2)12(6-16)18-15/h4-5,16H,6H2,1-3H3. The van der Waals surface area contributed by atoms with E-state index in [2.05, 4.69) is 0 Å². The van der Waals surface area contributed by atoms with Crippen molar-refractivity contribution in [1.29, 1.82) is 0 Å². The van der Waals surface area contributed by atoms with Crippen molar-refractivity contribution < 1.29 is 13.9 Å². The maximum absolute atomic E-state index is 11.5. The normalized spacial score (nSPS) is 11.6. The highest BCUT2D eigenvalue weighted by molar-refractivity contribution is 5.99. The molecule has 0 saturated heterocycles. The second-order valence-corrected chi connectivity index (χ2v) is 4.81. The van der Waals surface area contributed by atoms with E-state index >= 15 is 0 Å². The molecule has 4 nitrogen and oxygen atoms in total. The summed E-state index contributed by atoms with van der Waals surface area (Å²) >= 11 is 0. The Morgan fingerprint density at radius 3 is 2.37 bits per heavy atom. The van der Waals surface area contributed by atoms with Gasteiger partial charge in [0, 0.05) is 28.0 Å². The fraction of sp³-hybridized carbons (Fsp3) is 0.267. The van der Waals surface area contributed by atoms with Crippen molar-refractivity contribution in [2.24, 2.45) is 0 Å². The Hall–Kier alpha value is -2.07. The first-order chi connectivity index (χ1) is 9.02. The molecule has 0 spiro atoms. The van der Waals surface area contributed by atoms with E-state index in [4.69, 9.17) is 8.83 Å². The molecule has 98 valence electrons. The van der Waals surface area contributed by atoms with Gasteiger partial charge in [0.2, 0.25) is 0 Å². The molecule has 0 amide bonds. The van der Waals surface area contributed by atoms with Gasteiger partial charge in [-0.1, -0.05) is 0 Å². The van der Waals surface area contributed by atoms with Gasteiger partial charge in [0.05, 0.1) is 0 Å². The highest BCUT2D eigenvalue weighted by Crippen LogP contribution is 2.33. The van der Waals surface area contributed by atoms with Crippen LogP contribution in [0.1, 0.15) is 22.5 Å². The topological polar surface area (TPSA) is 63.6 Å². The van der Waals surface area contributed by atoms with E-state index in [1.807, 2.05) is 26.8 Å². The van der Waals surface area contributed by atoms with E-state index in [9.17, 15) is 9.90 Å². The molecule has 0 saturated carbocycles. The van der Waals surface area contributed by atoms with Gasteiger partial charge in [-0.15, -0.1) is 0 Å². The summed E-state index contributed by atoms with van der Waals surface area (Å²) in [5.74, 6) is 0.549. The quantitative estimate of drug-likeness (QED) is 0.681. The van der Waals surface area contributed by atoms with Gasteiger partial charge in [-0.2, -0.15) is 0 Å². The maximum atomic E-state index is 11.5. The number of furan rings is 1. The van der Waals surface area contributed by atoms with Crippen LogP contribution in [0.3, 0.4) is 0 Å². The van der Waals surface area contributed by atoms with E-state index in [1.165, 1.54) is 6.07 Å². The van der Waals surface area contributed by atoms with Crippen LogP contribution in [-0.4, -0.2) is 5.11 Å². The molecule has 0 radical (unpaired) electrons. The van der Waals surface area contributed by atoms with E-state index in [0.717, 1.165) is 27.5 Å². The molecule has 0 aliphatic heterocycles. The van der Waals surface area contributed by atoms with Crippen molar-refractivity contribution in [3.05, 3.63) is 45.0 Å². The molecule has 2 aromatic heterocycles. The zero-order chi connectivity index (χ0) is 13.7. The van der Waals surface area contributed by atoms with Crippen molar-refractivity contribution in [2.45, 2.75) is 27.4 Å². The third-order valence-corrected chi connectivity index (χ3v) is 3.61. The van der Waals surface area contributed by atoms with Crippen molar-refractivity contribution in [2.75, 3.05) is 0 Å². The fourth-order valence-electron chi connectivity index (χ4n) is 2.50. The summed E-state index contributed by atoms with van der Waals surface area (Å²) in [4.78, 5) is 11.5. The van der Waals surface area contributed by atoms with Gasteiger partial charge in [-0.05, 0) is 32.4 Å². The SMILES string of the molecule is Cc1cc(=O)oc2c(C)c3oc(CO)c(C)c3cc12. The molecular weight excluding hydrogens is 244 g/mol. The second-order valence-electron chi connectivity index (χ2n) is 4.81. The minimum Gasteiger partial charge on any atom is -0.458 e. The first-order valence-electron chi connectivity index (χ1n) is 6.10. The number of aryl methyl sites for hydroxylation is 3. The minimum atomic E-state index is -0.363. The Balaban J connectivity index is 2.58. The summed E-state index contributed by atoms with van der Waals surface area (Å²) in [6.07, 6.45) is 0. The van der Waals surface area contributed by atoms with Gasteiger partial charge in [0.1, 0.15) is 23.5 Å². The van der Waals surface area contributed by atoms with E-state index in [-0.39, 0.29) is 12.2 Å². The molecule has 0 atom stereocenters. The molecule has 3 rings (SSSR count). The van der Waals surface area contributed by atoms with Crippen LogP contribution in [0.15, 0.2) is 25.8 Å². The van der Waals surface area contributed by atoms with E-state index < -0.39 is 0 Å². The van der Waals surface area contributed by atoms with Crippen molar-refractivity contribution in [3.8, 4) is 0 Å². The molecule has 0 bridgehead atoms. The highest BCUT2D eigenvalue weighted by Gasteiger charge is 2.16. The fourth-order valence-corrected chi connectivity index (χ4v) is 2.50. The van der Waals surface area contributed by atoms with E-state index in [0.29, 0.717) is 16.9 Å². The number of benzene rings is 1. The van der Waals surface area contributed by atoms with Crippen LogP contribution in [-0.2, 0) is 6.61 Å². The first-order valence-corrected chi connectivity index (χ1v) is 6.10. The molecule has 0 fully saturated rings. The lowest BCUT2D eigenvalue weighted by Crippen LogP contribution is -1.99. The van der Waals surface area contributed by atoms with Gasteiger partial charge in [-0.3, -0.25) is 0 Å². The molecule has 4 heteroatoms. The molecule has 0 unspecified atom stereocenters. The molecule has 19 heavy (non-hydrogen) atoms. The molecule has 1 aromatic carbocycles. The molecule has 0 aliphatic carbocycles. The second kappa shape index (κ2) is 3.96. The Bertz CT molecular complexity index is 852. The number of aliphatic hydroxyl groups is 1. The van der Waals surface area contributed by atoms with Crippen LogP contribution in [0.5, 0.6) is 0 Å². The average molecular weight is 258 g/mol. The maximum Gasteiger partial charge on any atom is 0.336 e. The van der Waals surface area contributed by atoms with Gasteiger partial charge >= 0.3 is 5.63 Å². The summed E-state index contributed by atoms with van der Waals surface area (Å²) in [5.41, 5.74) is 3.45. The largest absolute Gasteiger partial charge is 0.458 e. The van der Waals surface area contributed by atoms with Crippen LogP contribution >= 0.6 is 0 Å². The third kappa shape index (κ3) is 1.60. The summed E-state index contributed by atoms with van der Waals surface area (Å²) in [7, 11) is 0. The molecular formula is C15H14O4. The number of aliphatic hydroxyl groups excluding tert-OH is 1. The zero-order valence-electron chi connectivity index (χ0n) is 11.0. The molecule has 2 heterocycles. The smallest absolute Gasteiger partial charge is 0.336 e. The Labute approximate surface area is 109 Å². The number of fused-ring (bicyclic) bond motifs is 2. The lowest BCUT2D eigenvalue weighted by Gasteiger charge is -2.04. The Kier molecular flexibility index (Phi) is 2.50. The van der Waals surface area contributed by atoms with Crippen LogP contribution in [0.4, 0.5) is 0 Å². The summed E-state index contributed by atoms with van der Waals surface area (Å²) in [6.45, 7) is 5.51. The molecule has 3 aromatic rings. The van der Waals surface area contributed by atoms with Crippen LogP contribution in [0.25, 0.3) is 21.9 Å². The average Bonchev–Trinajstić information content (AvgIpc) is 2.69. The number of hydrogen-bond acceptors (Lipinski definition) is 4. The Morgan fingerprint density at radius 2 is 1.68 bits per heavy atom. The number of hydrogen-bond donors (Lipinski definition) is 1. The van der Waals surface area contributed by atoms with Crippen LogP contribution in [0, 0.1) is 20.8 Å². The van der Waals surface area contributed by atoms with Gasteiger partial charge in [0.15, 0.2) is 0 Å². The minimum absolute atomic E-state index is 0.140. The number of rotatable bonds is 1. The third-order valence-electron chi connectivity index (χ3n) is 3.61. The predicted molar refractivity (Wildman–Crippen MR) is 72.4 cm³/mol. The van der Waals surface area contributed by atoms with Crippen molar-refractivity contribution >= 4 is 21.9 Å². The van der Waals surface area contributed by atoms with Gasteiger partial charge in [-0.25, -0.2) is 4.79 Å². The van der Waals surface area contributed by atoms with Gasteiger partial charge in [0.25, 0.3) is 0 Å². The van der Waals surface area contributed by atoms with Gasteiger partial charge < -0.3 is 13.9 Å².